The monoisotopic (exact) mass is 410 g/mol. The largest absolute Gasteiger partial charge is 0.367 e. The normalized spacial score (nSPS) is 21.0. The molecule has 0 amide bonds. The number of anilines is 1. The minimum Gasteiger partial charge on any atom is -0.367 e. The third-order valence-corrected chi connectivity index (χ3v) is 4.80. The van der Waals surface area contributed by atoms with E-state index in [2.05, 4.69) is 89.1 Å². The number of nitrogens with zero attached hydrogens (tertiary/aromatic N) is 2. The lowest BCUT2D eigenvalue weighted by atomic mass is 9.79. The third-order valence-electron chi connectivity index (χ3n) is 4.13. The molecule has 0 atom stereocenters. The van der Waals surface area contributed by atoms with Gasteiger partial charge in [-0.3, -0.25) is 0 Å². The highest BCUT2D eigenvalue weighted by Crippen LogP contribution is 2.31. The Hall–Kier alpha value is -0.950. The average Bonchev–Trinajstić information content (AvgIpc) is 2.35. The second-order valence-corrected chi connectivity index (χ2v) is 8.77. The van der Waals surface area contributed by atoms with Crippen LogP contribution in [0.3, 0.4) is 0 Å². The highest BCUT2D eigenvalue weighted by atomic mass is 127. The third kappa shape index (κ3) is 3.51. The molecule has 1 aliphatic rings. The quantitative estimate of drug-likeness (QED) is 0.737. The molecule has 1 aromatic heterocycles. The molecule has 1 aliphatic heterocycles. The van der Waals surface area contributed by atoms with Crippen LogP contribution >= 0.6 is 22.6 Å². The van der Waals surface area contributed by atoms with E-state index in [4.69, 9.17) is 0 Å². The van der Waals surface area contributed by atoms with Gasteiger partial charge in [-0.2, -0.15) is 0 Å². The Morgan fingerprint density at radius 2 is 1.82 bits per heavy atom. The Labute approximate surface area is 145 Å². The molecule has 0 spiro atoms. The second kappa shape index (κ2) is 5.60. The Morgan fingerprint density at radius 1 is 1.14 bits per heavy atom. The van der Waals surface area contributed by atoms with Gasteiger partial charge >= 0.3 is 0 Å². The maximum atomic E-state index is 4.49. The number of aromatic nitrogens is 2. The molecule has 1 fully saturated rings. The molecular formula is C17H23IN4. The topological polar surface area (TPSA) is 49.8 Å². The number of hydrogen-bond acceptors (Lipinski definition) is 4. The van der Waals surface area contributed by atoms with Crippen molar-refractivity contribution < 1.29 is 0 Å². The summed E-state index contributed by atoms with van der Waals surface area (Å²) in [5, 5.41) is 8.49. The van der Waals surface area contributed by atoms with Crippen LogP contribution < -0.4 is 10.6 Å². The molecule has 2 N–H and O–H groups in total. The molecule has 118 valence electrons. The van der Waals surface area contributed by atoms with E-state index < -0.39 is 0 Å². The Morgan fingerprint density at radius 3 is 2.50 bits per heavy atom. The first-order chi connectivity index (χ1) is 10.2. The lowest BCUT2D eigenvalue weighted by Crippen LogP contribution is -2.60. The van der Waals surface area contributed by atoms with E-state index >= 15 is 0 Å². The van der Waals surface area contributed by atoms with Crippen molar-refractivity contribution in [1.29, 1.82) is 0 Å². The minimum absolute atomic E-state index is 0.122. The highest BCUT2D eigenvalue weighted by molar-refractivity contribution is 14.1. The first-order valence-electron chi connectivity index (χ1n) is 7.70. The molecular weight excluding hydrogens is 387 g/mol. The van der Waals surface area contributed by atoms with Crippen LogP contribution in [0.1, 0.15) is 40.5 Å². The van der Waals surface area contributed by atoms with Gasteiger partial charge in [-0.1, -0.05) is 0 Å². The zero-order valence-corrected chi connectivity index (χ0v) is 15.7. The van der Waals surface area contributed by atoms with Crippen molar-refractivity contribution in [3.63, 3.8) is 0 Å². The molecule has 3 rings (SSSR count). The summed E-state index contributed by atoms with van der Waals surface area (Å²) >= 11 is 2.33. The Balaban J connectivity index is 1.91. The molecule has 2 heterocycles. The van der Waals surface area contributed by atoms with Gasteiger partial charge in [0.05, 0.1) is 5.52 Å². The van der Waals surface area contributed by atoms with Gasteiger partial charge in [-0.25, -0.2) is 9.97 Å². The lowest BCUT2D eigenvalue weighted by molar-refractivity contribution is 0.170. The first-order valence-corrected chi connectivity index (χ1v) is 8.78. The van der Waals surface area contributed by atoms with Gasteiger partial charge in [0.15, 0.2) is 0 Å². The summed E-state index contributed by atoms with van der Waals surface area (Å²) in [5.41, 5.74) is 1.23. The van der Waals surface area contributed by atoms with Gasteiger partial charge in [-0.15, -0.1) is 0 Å². The van der Waals surface area contributed by atoms with Crippen LogP contribution in [0.2, 0.25) is 0 Å². The molecule has 0 unspecified atom stereocenters. The molecule has 4 nitrogen and oxygen atoms in total. The van der Waals surface area contributed by atoms with Crippen molar-refractivity contribution in [3.8, 4) is 0 Å². The number of benzene rings is 1. The molecule has 0 saturated carbocycles. The average molecular weight is 410 g/mol. The van der Waals surface area contributed by atoms with E-state index in [9.17, 15) is 0 Å². The van der Waals surface area contributed by atoms with E-state index in [0.29, 0.717) is 6.04 Å². The number of rotatable bonds is 2. The van der Waals surface area contributed by atoms with Gasteiger partial charge in [0.25, 0.3) is 0 Å². The summed E-state index contributed by atoms with van der Waals surface area (Å²) in [4.78, 5) is 8.86. The Bertz CT molecular complexity index is 680. The van der Waals surface area contributed by atoms with Gasteiger partial charge in [0.2, 0.25) is 0 Å². The van der Waals surface area contributed by atoms with E-state index in [1.807, 2.05) is 0 Å². The lowest BCUT2D eigenvalue weighted by Gasteiger charge is -2.46. The summed E-state index contributed by atoms with van der Waals surface area (Å²) in [6, 6.07) is 6.69. The predicted molar refractivity (Wildman–Crippen MR) is 100 cm³/mol. The smallest absolute Gasteiger partial charge is 0.137 e. The summed E-state index contributed by atoms with van der Waals surface area (Å²) in [6.07, 6.45) is 3.80. The van der Waals surface area contributed by atoms with E-state index in [0.717, 1.165) is 29.6 Å². The predicted octanol–water partition coefficient (Wildman–Crippen LogP) is 3.96. The first kappa shape index (κ1) is 15.9. The molecule has 22 heavy (non-hydrogen) atoms. The van der Waals surface area contributed by atoms with Crippen LogP contribution in [0.4, 0.5) is 5.82 Å². The van der Waals surface area contributed by atoms with Crippen molar-refractivity contribution in [2.75, 3.05) is 5.32 Å². The van der Waals surface area contributed by atoms with Gasteiger partial charge in [0.1, 0.15) is 12.1 Å². The van der Waals surface area contributed by atoms with Gasteiger partial charge in [0, 0.05) is 26.1 Å². The maximum absolute atomic E-state index is 4.49. The zero-order chi connectivity index (χ0) is 16.0. The molecule has 0 aliphatic carbocycles. The fourth-order valence-electron chi connectivity index (χ4n) is 3.76. The summed E-state index contributed by atoms with van der Waals surface area (Å²) in [6.45, 7) is 9.07. The van der Waals surface area contributed by atoms with Crippen molar-refractivity contribution in [3.05, 3.63) is 28.1 Å². The van der Waals surface area contributed by atoms with Crippen LogP contribution in [0, 0.1) is 3.57 Å². The maximum Gasteiger partial charge on any atom is 0.137 e. The second-order valence-electron chi connectivity index (χ2n) is 7.53. The number of nitrogens with one attached hydrogen (secondary N) is 2. The van der Waals surface area contributed by atoms with Crippen molar-refractivity contribution >= 4 is 39.3 Å². The zero-order valence-electron chi connectivity index (χ0n) is 13.6. The molecule has 0 radical (unpaired) electrons. The molecule has 5 heteroatoms. The summed E-state index contributed by atoms with van der Waals surface area (Å²) < 4.78 is 1.20. The fraction of sp³-hybridized carbons (Fsp3) is 0.529. The van der Waals surface area contributed by atoms with Crippen LogP contribution in [-0.4, -0.2) is 27.1 Å². The summed E-state index contributed by atoms with van der Waals surface area (Å²) in [7, 11) is 0. The number of piperidine rings is 1. The minimum atomic E-state index is 0.122. The van der Waals surface area contributed by atoms with E-state index in [1.165, 1.54) is 3.57 Å². The van der Waals surface area contributed by atoms with Crippen LogP contribution in [0.15, 0.2) is 24.5 Å². The highest BCUT2D eigenvalue weighted by Gasteiger charge is 2.37. The number of fused-ring (bicyclic) bond motifs is 1. The molecule has 2 aromatic rings. The Kier molecular flexibility index (Phi) is 4.05. The molecule has 1 aromatic carbocycles. The fourth-order valence-corrected chi connectivity index (χ4v) is 4.25. The van der Waals surface area contributed by atoms with Crippen molar-refractivity contribution in [2.45, 2.75) is 57.7 Å². The number of hydrogen-bond donors (Lipinski definition) is 2. The van der Waals surface area contributed by atoms with Gasteiger partial charge < -0.3 is 10.6 Å². The molecule has 0 bridgehead atoms. The van der Waals surface area contributed by atoms with E-state index in [-0.39, 0.29) is 11.1 Å². The van der Waals surface area contributed by atoms with Gasteiger partial charge in [-0.05, 0) is 81.3 Å². The molecule has 1 saturated heterocycles. The van der Waals surface area contributed by atoms with Crippen molar-refractivity contribution in [2.24, 2.45) is 0 Å². The van der Waals surface area contributed by atoms with Crippen LogP contribution in [0.25, 0.3) is 10.9 Å². The van der Waals surface area contributed by atoms with Crippen LogP contribution in [0.5, 0.6) is 0 Å². The SMILES string of the molecule is CC1(C)CC(Nc2ncnc3ccc(I)cc23)CC(C)(C)N1. The number of halogens is 1. The van der Waals surface area contributed by atoms with E-state index in [1.54, 1.807) is 6.33 Å². The van der Waals surface area contributed by atoms with Crippen LogP contribution in [-0.2, 0) is 0 Å². The van der Waals surface area contributed by atoms with Crippen molar-refractivity contribution in [1.82, 2.24) is 15.3 Å². The summed E-state index contributed by atoms with van der Waals surface area (Å²) in [5.74, 6) is 0.946. The standard InChI is InChI=1S/C17H23IN4/c1-16(2)8-12(9-17(3,4)22-16)21-15-13-7-11(18)5-6-14(13)19-10-20-15/h5-7,10,12,22H,8-9H2,1-4H3,(H,19,20,21).